The Morgan fingerprint density at radius 3 is 2.43 bits per heavy atom. The minimum absolute atomic E-state index is 0. The molecular weight excluding hydrogens is 329 g/mol. The van der Waals surface area contributed by atoms with E-state index in [1.807, 2.05) is 0 Å². The maximum atomic E-state index is 3.40. The Bertz CT molecular complexity index is 585. The molecule has 0 radical (unpaired) electrons. The van der Waals surface area contributed by atoms with E-state index in [-0.39, 0.29) is 24.8 Å². The molecule has 1 aliphatic rings. The minimum atomic E-state index is 0. The van der Waals surface area contributed by atoms with Gasteiger partial charge in [0.25, 0.3) is 0 Å². The molecule has 0 unspecified atom stereocenters. The summed E-state index contributed by atoms with van der Waals surface area (Å²) in [6.07, 6.45) is 0. The first-order valence-electron chi connectivity index (χ1n) is 7.90. The van der Waals surface area contributed by atoms with Gasteiger partial charge in [-0.15, -0.1) is 24.8 Å². The van der Waals surface area contributed by atoms with E-state index in [1.54, 1.807) is 0 Å². The minimum Gasteiger partial charge on any atom is -0.314 e. The van der Waals surface area contributed by atoms with Crippen LogP contribution in [0.3, 0.4) is 0 Å². The molecule has 3 nitrogen and oxygen atoms in total. The SMILES string of the molecule is CN(CCN1CCNCC1)Cc1ccc2ccccc2c1.Cl.Cl. The molecule has 0 spiro atoms. The maximum absolute atomic E-state index is 3.40. The molecule has 0 aliphatic carbocycles. The van der Waals surface area contributed by atoms with Gasteiger partial charge in [-0.3, -0.25) is 4.90 Å². The molecule has 3 rings (SSSR count). The molecule has 2 aromatic carbocycles. The zero-order valence-electron chi connectivity index (χ0n) is 13.7. The van der Waals surface area contributed by atoms with Gasteiger partial charge >= 0.3 is 0 Å². The van der Waals surface area contributed by atoms with Crippen molar-refractivity contribution in [2.75, 3.05) is 46.3 Å². The molecule has 0 aromatic heterocycles. The number of rotatable bonds is 5. The summed E-state index contributed by atoms with van der Waals surface area (Å²) in [5.41, 5.74) is 1.40. The molecular formula is C18H27Cl2N3. The summed E-state index contributed by atoms with van der Waals surface area (Å²) in [6.45, 7) is 7.96. The van der Waals surface area contributed by atoms with Gasteiger partial charge in [-0.05, 0) is 29.4 Å². The van der Waals surface area contributed by atoms with E-state index in [4.69, 9.17) is 0 Å². The normalized spacial score (nSPS) is 15.2. The number of hydrogen-bond donors (Lipinski definition) is 1. The zero-order valence-corrected chi connectivity index (χ0v) is 15.3. The molecule has 0 saturated carbocycles. The highest BCUT2D eigenvalue weighted by atomic mass is 35.5. The Morgan fingerprint density at radius 1 is 1.00 bits per heavy atom. The van der Waals surface area contributed by atoms with Crippen molar-refractivity contribution in [1.82, 2.24) is 15.1 Å². The average molecular weight is 356 g/mol. The highest BCUT2D eigenvalue weighted by Gasteiger charge is 2.10. The van der Waals surface area contributed by atoms with Crippen molar-refractivity contribution in [3.8, 4) is 0 Å². The van der Waals surface area contributed by atoms with Crippen molar-refractivity contribution in [1.29, 1.82) is 0 Å². The van der Waals surface area contributed by atoms with Gasteiger partial charge < -0.3 is 10.2 Å². The second kappa shape index (κ2) is 10.1. The molecule has 1 heterocycles. The van der Waals surface area contributed by atoms with Crippen LogP contribution >= 0.6 is 24.8 Å². The quantitative estimate of drug-likeness (QED) is 0.889. The number of halogens is 2. The van der Waals surface area contributed by atoms with Crippen molar-refractivity contribution in [3.63, 3.8) is 0 Å². The molecule has 0 bridgehead atoms. The lowest BCUT2D eigenvalue weighted by molar-refractivity contribution is 0.202. The Labute approximate surface area is 151 Å². The second-order valence-corrected chi connectivity index (χ2v) is 6.01. The molecule has 0 amide bonds. The Hall–Kier alpha value is -0.840. The van der Waals surface area contributed by atoms with Crippen LogP contribution in [0.4, 0.5) is 0 Å². The van der Waals surface area contributed by atoms with Crippen molar-refractivity contribution in [2.24, 2.45) is 0 Å². The van der Waals surface area contributed by atoms with Crippen LogP contribution in [-0.2, 0) is 6.54 Å². The van der Waals surface area contributed by atoms with Crippen LogP contribution < -0.4 is 5.32 Å². The fraction of sp³-hybridized carbons (Fsp3) is 0.444. The van der Waals surface area contributed by atoms with Crippen LogP contribution in [0.25, 0.3) is 10.8 Å². The monoisotopic (exact) mass is 355 g/mol. The molecule has 1 saturated heterocycles. The number of hydrogen-bond acceptors (Lipinski definition) is 3. The number of fused-ring (bicyclic) bond motifs is 1. The highest BCUT2D eigenvalue weighted by molar-refractivity contribution is 5.85. The van der Waals surface area contributed by atoms with Crippen LogP contribution in [0.1, 0.15) is 5.56 Å². The first-order valence-corrected chi connectivity index (χ1v) is 7.90. The van der Waals surface area contributed by atoms with Crippen molar-refractivity contribution >= 4 is 35.6 Å². The fourth-order valence-corrected chi connectivity index (χ4v) is 2.97. The van der Waals surface area contributed by atoms with Gasteiger partial charge in [0.05, 0.1) is 0 Å². The standard InChI is InChI=1S/C18H25N3.2ClH/c1-20(12-13-21-10-8-19-9-11-21)15-16-6-7-17-4-2-3-5-18(17)14-16;;/h2-7,14,19H,8-13,15H2,1H3;2*1H. The van der Waals surface area contributed by atoms with E-state index in [0.29, 0.717) is 0 Å². The van der Waals surface area contributed by atoms with Gasteiger partial charge in [0.2, 0.25) is 0 Å². The molecule has 1 N–H and O–H groups in total. The van der Waals surface area contributed by atoms with Crippen molar-refractivity contribution in [2.45, 2.75) is 6.54 Å². The predicted molar refractivity (Wildman–Crippen MR) is 104 cm³/mol. The van der Waals surface area contributed by atoms with Crippen LogP contribution in [0.15, 0.2) is 42.5 Å². The van der Waals surface area contributed by atoms with Gasteiger partial charge in [-0.25, -0.2) is 0 Å². The van der Waals surface area contributed by atoms with E-state index in [2.05, 4.69) is 64.6 Å². The lowest BCUT2D eigenvalue weighted by atomic mass is 10.1. The molecule has 1 fully saturated rings. The topological polar surface area (TPSA) is 18.5 Å². The largest absolute Gasteiger partial charge is 0.314 e. The zero-order chi connectivity index (χ0) is 14.5. The van der Waals surface area contributed by atoms with Gasteiger partial charge in [0.15, 0.2) is 0 Å². The summed E-state index contributed by atoms with van der Waals surface area (Å²) < 4.78 is 0. The average Bonchev–Trinajstić information content (AvgIpc) is 2.54. The molecule has 2 aromatic rings. The van der Waals surface area contributed by atoms with Gasteiger partial charge in [-0.2, -0.15) is 0 Å². The maximum Gasteiger partial charge on any atom is 0.0231 e. The molecule has 128 valence electrons. The third kappa shape index (κ3) is 5.94. The number of likely N-dealkylation sites (N-methyl/N-ethyl adjacent to an activating group) is 1. The van der Waals surface area contributed by atoms with Gasteiger partial charge in [0, 0.05) is 45.8 Å². The van der Waals surface area contributed by atoms with Crippen LogP contribution in [0, 0.1) is 0 Å². The van der Waals surface area contributed by atoms with Crippen LogP contribution in [0.2, 0.25) is 0 Å². The number of benzene rings is 2. The van der Waals surface area contributed by atoms with Gasteiger partial charge in [-0.1, -0.05) is 36.4 Å². The Balaban J connectivity index is 0.00000132. The number of piperazine rings is 1. The Morgan fingerprint density at radius 2 is 1.70 bits per heavy atom. The van der Waals surface area contributed by atoms with Crippen LogP contribution in [0.5, 0.6) is 0 Å². The van der Waals surface area contributed by atoms with Crippen molar-refractivity contribution < 1.29 is 0 Å². The summed E-state index contributed by atoms with van der Waals surface area (Å²) in [7, 11) is 2.22. The predicted octanol–water partition coefficient (Wildman–Crippen LogP) is 3.02. The van der Waals surface area contributed by atoms with E-state index >= 15 is 0 Å². The molecule has 5 heteroatoms. The Kier molecular flexibility index (Phi) is 8.88. The summed E-state index contributed by atoms with van der Waals surface area (Å²) >= 11 is 0. The molecule has 1 aliphatic heterocycles. The third-order valence-electron chi connectivity index (χ3n) is 4.27. The fourth-order valence-electron chi connectivity index (χ4n) is 2.97. The highest BCUT2D eigenvalue weighted by Crippen LogP contribution is 2.16. The lowest BCUT2D eigenvalue weighted by Gasteiger charge is -2.29. The first kappa shape index (κ1) is 20.2. The summed E-state index contributed by atoms with van der Waals surface area (Å²) in [6, 6.07) is 15.4. The van der Waals surface area contributed by atoms with Crippen molar-refractivity contribution in [3.05, 3.63) is 48.0 Å². The summed E-state index contributed by atoms with van der Waals surface area (Å²) in [5.74, 6) is 0. The second-order valence-electron chi connectivity index (χ2n) is 6.01. The summed E-state index contributed by atoms with van der Waals surface area (Å²) in [4.78, 5) is 4.97. The number of nitrogens with zero attached hydrogens (tertiary/aromatic N) is 2. The number of nitrogens with one attached hydrogen (secondary N) is 1. The van der Waals surface area contributed by atoms with E-state index in [9.17, 15) is 0 Å². The first-order chi connectivity index (χ1) is 10.3. The smallest absolute Gasteiger partial charge is 0.0231 e. The lowest BCUT2D eigenvalue weighted by Crippen LogP contribution is -2.45. The van der Waals surface area contributed by atoms with E-state index in [1.165, 1.54) is 36.0 Å². The molecule has 0 atom stereocenters. The third-order valence-corrected chi connectivity index (χ3v) is 4.27. The summed E-state index contributed by atoms with van der Waals surface area (Å²) in [5, 5.41) is 6.07. The van der Waals surface area contributed by atoms with E-state index < -0.39 is 0 Å². The van der Waals surface area contributed by atoms with E-state index in [0.717, 1.165) is 26.2 Å². The van der Waals surface area contributed by atoms with Gasteiger partial charge in [0.1, 0.15) is 0 Å². The molecule has 23 heavy (non-hydrogen) atoms. The van der Waals surface area contributed by atoms with Crippen LogP contribution in [-0.4, -0.2) is 56.1 Å².